The Kier molecular flexibility index (Phi) is 4.29. The molecule has 0 radical (unpaired) electrons. The number of oxazole rings is 1. The first-order valence-electron chi connectivity index (χ1n) is 9.38. The first kappa shape index (κ1) is 18.4. The van der Waals surface area contributed by atoms with Crippen LogP contribution in [0.15, 0.2) is 80.7 Å². The van der Waals surface area contributed by atoms with Crippen LogP contribution in [-0.2, 0) is 6.54 Å². The third-order valence-electron chi connectivity index (χ3n) is 5.13. The van der Waals surface area contributed by atoms with Gasteiger partial charge in [0.1, 0.15) is 5.82 Å². The number of rotatable bonds is 3. The molecule has 0 atom stereocenters. The Balaban J connectivity index is 1.82. The second-order valence-corrected chi connectivity index (χ2v) is 7.47. The van der Waals surface area contributed by atoms with Crippen molar-refractivity contribution in [1.29, 1.82) is 0 Å². The molecular weight excluding hydrogens is 402 g/mol. The van der Waals surface area contributed by atoms with Crippen molar-refractivity contribution in [2.75, 3.05) is 0 Å². The third kappa shape index (κ3) is 2.93. The maximum atomic E-state index is 13.4. The van der Waals surface area contributed by atoms with Crippen LogP contribution in [0.4, 0.5) is 0 Å². The molecule has 0 unspecified atom stereocenters. The van der Waals surface area contributed by atoms with Gasteiger partial charge in [0.05, 0.1) is 28.7 Å². The number of hydrogen-bond donors (Lipinski definition) is 0. The van der Waals surface area contributed by atoms with E-state index < -0.39 is 5.76 Å². The zero-order valence-electron chi connectivity index (χ0n) is 16.0. The topological polar surface area (TPSA) is 70.0 Å². The number of aryl methyl sites for hydroxylation is 1. The summed E-state index contributed by atoms with van der Waals surface area (Å²) in [4.78, 5) is 30.7. The van der Waals surface area contributed by atoms with Crippen LogP contribution in [0.5, 0.6) is 0 Å². The van der Waals surface area contributed by atoms with Crippen LogP contribution in [0.1, 0.15) is 11.4 Å². The Morgan fingerprint density at radius 3 is 2.60 bits per heavy atom. The molecule has 0 bridgehead atoms. The Morgan fingerprint density at radius 2 is 1.77 bits per heavy atom. The second kappa shape index (κ2) is 7.00. The first-order chi connectivity index (χ1) is 14.5. The molecule has 0 amide bonds. The van der Waals surface area contributed by atoms with Gasteiger partial charge in [-0.3, -0.25) is 13.9 Å². The molecule has 0 aliphatic rings. The van der Waals surface area contributed by atoms with E-state index in [1.54, 1.807) is 34.9 Å². The fourth-order valence-corrected chi connectivity index (χ4v) is 3.84. The van der Waals surface area contributed by atoms with Crippen LogP contribution in [0.3, 0.4) is 0 Å². The van der Waals surface area contributed by atoms with Gasteiger partial charge in [0, 0.05) is 5.02 Å². The van der Waals surface area contributed by atoms with Crippen molar-refractivity contribution in [3.63, 3.8) is 0 Å². The second-order valence-electron chi connectivity index (χ2n) is 7.04. The average Bonchev–Trinajstić information content (AvgIpc) is 3.04. The Labute approximate surface area is 175 Å². The van der Waals surface area contributed by atoms with E-state index in [4.69, 9.17) is 21.0 Å². The molecule has 2 heterocycles. The lowest BCUT2D eigenvalue weighted by atomic mass is 10.2. The summed E-state index contributed by atoms with van der Waals surface area (Å²) >= 11 is 6.13. The van der Waals surface area contributed by atoms with Gasteiger partial charge in [-0.05, 0) is 48.9 Å². The number of para-hydroxylation sites is 2. The summed E-state index contributed by atoms with van der Waals surface area (Å²) in [6.07, 6.45) is 0. The highest BCUT2D eigenvalue weighted by Crippen LogP contribution is 2.21. The smallest absolute Gasteiger partial charge is 0.408 e. The summed E-state index contributed by atoms with van der Waals surface area (Å²) in [5, 5.41) is 0.997. The lowest BCUT2D eigenvalue weighted by Crippen LogP contribution is -2.27. The number of hydrogen-bond acceptors (Lipinski definition) is 4. The average molecular weight is 418 g/mol. The highest BCUT2D eigenvalue weighted by molar-refractivity contribution is 6.31. The highest BCUT2D eigenvalue weighted by atomic mass is 35.5. The molecular formula is C23H16ClN3O3. The minimum absolute atomic E-state index is 0.0561. The van der Waals surface area contributed by atoms with Crippen molar-refractivity contribution in [3.8, 4) is 5.69 Å². The molecule has 7 heteroatoms. The summed E-state index contributed by atoms with van der Waals surface area (Å²) in [6.45, 7) is 1.99. The minimum Gasteiger partial charge on any atom is -0.408 e. The van der Waals surface area contributed by atoms with Crippen LogP contribution in [0.2, 0.25) is 5.02 Å². The minimum atomic E-state index is -0.536. The molecule has 6 nitrogen and oxygen atoms in total. The van der Waals surface area contributed by atoms with E-state index in [0.717, 1.165) is 11.3 Å². The highest BCUT2D eigenvalue weighted by Gasteiger charge is 2.17. The van der Waals surface area contributed by atoms with E-state index in [2.05, 4.69) is 0 Å². The van der Waals surface area contributed by atoms with Crippen LogP contribution in [0, 0.1) is 6.92 Å². The maximum absolute atomic E-state index is 13.4. The quantitative estimate of drug-likeness (QED) is 0.438. The van der Waals surface area contributed by atoms with Crippen molar-refractivity contribution in [3.05, 3.63) is 104 Å². The Bertz CT molecular complexity index is 1550. The van der Waals surface area contributed by atoms with Crippen molar-refractivity contribution in [2.45, 2.75) is 13.5 Å². The number of benzene rings is 3. The lowest BCUT2D eigenvalue weighted by Gasteiger charge is -2.15. The molecule has 3 aromatic carbocycles. The molecule has 0 spiro atoms. The van der Waals surface area contributed by atoms with E-state index in [1.165, 1.54) is 4.57 Å². The van der Waals surface area contributed by atoms with Gasteiger partial charge in [0.25, 0.3) is 5.56 Å². The van der Waals surface area contributed by atoms with Gasteiger partial charge in [-0.2, -0.15) is 0 Å². The monoisotopic (exact) mass is 417 g/mol. The first-order valence-corrected chi connectivity index (χ1v) is 9.76. The van der Waals surface area contributed by atoms with Crippen molar-refractivity contribution >= 4 is 33.6 Å². The predicted octanol–water partition coefficient (Wildman–Crippen LogP) is 4.30. The summed E-state index contributed by atoms with van der Waals surface area (Å²) < 4.78 is 8.35. The van der Waals surface area contributed by atoms with Crippen molar-refractivity contribution in [1.82, 2.24) is 14.1 Å². The van der Waals surface area contributed by atoms with E-state index in [0.29, 0.717) is 32.8 Å². The van der Waals surface area contributed by atoms with Crippen LogP contribution >= 0.6 is 11.6 Å². The molecule has 0 fully saturated rings. The SMILES string of the molecule is Cc1ccccc1-n1c(Cn2c(=O)oc3ccc(Cl)cc32)nc2ccccc2c1=O. The van der Waals surface area contributed by atoms with Gasteiger partial charge in [0.15, 0.2) is 5.58 Å². The molecule has 30 heavy (non-hydrogen) atoms. The molecule has 0 aliphatic heterocycles. The molecule has 0 aliphatic carbocycles. The molecule has 5 rings (SSSR count). The molecule has 5 aromatic rings. The number of aromatic nitrogens is 3. The molecule has 148 valence electrons. The van der Waals surface area contributed by atoms with Crippen LogP contribution in [-0.4, -0.2) is 14.1 Å². The van der Waals surface area contributed by atoms with Gasteiger partial charge in [-0.25, -0.2) is 9.78 Å². The lowest BCUT2D eigenvalue weighted by molar-refractivity contribution is 0.511. The van der Waals surface area contributed by atoms with Gasteiger partial charge in [0.2, 0.25) is 0 Å². The van der Waals surface area contributed by atoms with Gasteiger partial charge in [-0.1, -0.05) is 41.9 Å². The van der Waals surface area contributed by atoms with Crippen LogP contribution < -0.4 is 11.3 Å². The molecule has 0 saturated heterocycles. The van der Waals surface area contributed by atoms with Gasteiger partial charge in [-0.15, -0.1) is 0 Å². The molecule has 2 aromatic heterocycles. The van der Waals surface area contributed by atoms with E-state index in [-0.39, 0.29) is 12.1 Å². The third-order valence-corrected chi connectivity index (χ3v) is 5.37. The van der Waals surface area contributed by atoms with E-state index >= 15 is 0 Å². The summed E-state index contributed by atoms with van der Waals surface area (Å²) in [5.74, 6) is -0.108. The maximum Gasteiger partial charge on any atom is 0.420 e. The zero-order chi connectivity index (χ0) is 20.8. The van der Waals surface area contributed by atoms with Crippen LogP contribution in [0.25, 0.3) is 27.7 Å². The van der Waals surface area contributed by atoms with Gasteiger partial charge < -0.3 is 4.42 Å². The largest absolute Gasteiger partial charge is 0.420 e. The molecule has 0 saturated carbocycles. The fraction of sp³-hybridized carbons (Fsp3) is 0.0870. The number of nitrogens with zero attached hydrogens (tertiary/aromatic N) is 3. The predicted molar refractivity (Wildman–Crippen MR) is 117 cm³/mol. The summed E-state index contributed by atoms with van der Waals surface area (Å²) in [7, 11) is 0. The fourth-order valence-electron chi connectivity index (χ4n) is 3.67. The van der Waals surface area contributed by atoms with Crippen molar-refractivity contribution in [2.24, 2.45) is 0 Å². The Morgan fingerprint density at radius 1 is 1.00 bits per heavy atom. The standard InChI is InChI=1S/C23H16ClN3O3/c1-14-6-2-5-9-18(14)27-21(25-17-8-4-3-7-16(17)22(27)28)13-26-19-12-15(24)10-11-20(19)30-23(26)29/h2-12H,13H2,1H3. The zero-order valence-corrected chi connectivity index (χ0v) is 16.8. The number of fused-ring (bicyclic) bond motifs is 2. The summed E-state index contributed by atoms with van der Waals surface area (Å²) in [6, 6.07) is 19.7. The van der Waals surface area contributed by atoms with Gasteiger partial charge >= 0.3 is 5.76 Å². The Hall–Kier alpha value is -3.64. The normalized spacial score (nSPS) is 11.4. The van der Waals surface area contributed by atoms with Crippen molar-refractivity contribution < 1.29 is 4.42 Å². The summed E-state index contributed by atoms with van der Waals surface area (Å²) in [5.41, 5.74) is 2.99. The molecule has 0 N–H and O–H groups in total. The van der Waals surface area contributed by atoms with E-state index in [9.17, 15) is 9.59 Å². The van der Waals surface area contributed by atoms with E-state index in [1.807, 2.05) is 43.3 Å². The number of halogens is 1.